The van der Waals surface area contributed by atoms with E-state index in [1.807, 2.05) is 4.90 Å². The molecular formula is C12H20N2O3. The van der Waals surface area contributed by atoms with Crippen LogP contribution in [0.3, 0.4) is 0 Å². The third kappa shape index (κ3) is 2.77. The van der Waals surface area contributed by atoms with E-state index >= 15 is 0 Å². The lowest BCUT2D eigenvalue weighted by Gasteiger charge is -2.29. The lowest BCUT2D eigenvalue weighted by molar-refractivity contribution is -0.139. The number of hydrogen-bond acceptors (Lipinski definition) is 3. The van der Waals surface area contributed by atoms with Crippen LogP contribution >= 0.6 is 0 Å². The summed E-state index contributed by atoms with van der Waals surface area (Å²) in [5.41, 5.74) is 1.70. The van der Waals surface area contributed by atoms with Gasteiger partial charge in [0.15, 0.2) is 0 Å². The van der Waals surface area contributed by atoms with Crippen molar-refractivity contribution < 1.29 is 14.8 Å². The van der Waals surface area contributed by atoms with Gasteiger partial charge in [-0.15, -0.1) is 0 Å². The largest absolute Gasteiger partial charge is 0.342 e. The Kier molecular flexibility index (Phi) is 3.99. The van der Waals surface area contributed by atoms with E-state index in [9.17, 15) is 9.59 Å². The van der Waals surface area contributed by atoms with Crippen LogP contribution in [0.2, 0.25) is 0 Å². The molecule has 0 bridgehead atoms. The van der Waals surface area contributed by atoms with Gasteiger partial charge in [-0.05, 0) is 38.5 Å². The molecule has 0 spiro atoms. The van der Waals surface area contributed by atoms with Crippen molar-refractivity contribution in [2.45, 2.75) is 38.5 Å². The van der Waals surface area contributed by atoms with Gasteiger partial charge in [-0.2, -0.15) is 0 Å². The van der Waals surface area contributed by atoms with Crippen molar-refractivity contribution in [1.29, 1.82) is 0 Å². The van der Waals surface area contributed by atoms with Crippen molar-refractivity contribution in [3.63, 3.8) is 0 Å². The monoisotopic (exact) mass is 240 g/mol. The van der Waals surface area contributed by atoms with Crippen molar-refractivity contribution in [3.8, 4) is 0 Å². The highest BCUT2D eigenvalue weighted by Crippen LogP contribution is 2.30. The van der Waals surface area contributed by atoms with Gasteiger partial charge in [0.2, 0.25) is 11.8 Å². The average molecular weight is 240 g/mol. The molecule has 0 atom stereocenters. The van der Waals surface area contributed by atoms with E-state index in [2.05, 4.69) is 0 Å². The number of hydroxylamine groups is 1. The Morgan fingerprint density at radius 2 is 1.53 bits per heavy atom. The molecule has 0 radical (unpaired) electrons. The van der Waals surface area contributed by atoms with Crippen LogP contribution in [0.15, 0.2) is 0 Å². The van der Waals surface area contributed by atoms with Gasteiger partial charge in [-0.25, -0.2) is 5.48 Å². The van der Waals surface area contributed by atoms with Crippen LogP contribution in [0, 0.1) is 11.8 Å². The van der Waals surface area contributed by atoms with E-state index in [1.54, 1.807) is 5.48 Å². The first-order valence-electron chi connectivity index (χ1n) is 6.45. The molecule has 1 heterocycles. The van der Waals surface area contributed by atoms with E-state index < -0.39 is 0 Å². The van der Waals surface area contributed by atoms with Gasteiger partial charge < -0.3 is 4.90 Å². The Morgan fingerprint density at radius 3 is 2.06 bits per heavy atom. The molecule has 17 heavy (non-hydrogen) atoms. The molecule has 0 aromatic heterocycles. The summed E-state index contributed by atoms with van der Waals surface area (Å²) in [7, 11) is 0. The summed E-state index contributed by atoms with van der Waals surface area (Å²) in [6.07, 6.45) is 5.19. The molecule has 0 aromatic carbocycles. The minimum absolute atomic E-state index is 0.0934. The highest BCUT2D eigenvalue weighted by molar-refractivity contribution is 5.80. The zero-order valence-corrected chi connectivity index (χ0v) is 10.0. The third-order valence-electron chi connectivity index (χ3n) is 3.98. The molecule has 5 heteroatoms. The van der Waals surface area contributed by atoms with Gasteiger partial charge in [0, 0.05) is 24.9 Å². The van der Waals surface area contributed by atoms with Crippen LogP contribution < -0.4 is 5.48 Å². The van der Waals surface area contributed by atoms with Crippen LogP contribution in [0.25, 0.3) is 0 Å². The maximum absolute atomic E-state index is 12.1. The van der Waals surface area contributed by atoms with Gasteiger partial charge in [0.05, 0.1) is 0 Å². The second-order valence-corrected chi connectivity index (χ2v) is 5.06. The van der Waals surface area contributed by atoms with Crippen molar-refractivity contribution in [2.75, 3.05) is 13.1 Å². The zero-order chi connectivity index (χ0) is 12.3. The molecule has 1 saturated heterocycles. The molecule has 2 N–H and O–H groups in total. The average Bonchev–Trinajstić information content (AvgIpc) is 2.91. The third-order valence-corrected chi connectivity index (χ3v) is 3.98. The molecule has 2 rings (SSSR count). The quantitative estimate of drug-likeness (QED) is 0.557. The molecule has 1 saturated carbocycles. The van der Waals surface area contributed by atoms with E-state index in [0.29, 0.717) is 12.8 Å². The number of amides is 2. The van der Waals surface area contributed by atoms with Crippen molar-refractivity contribution in [1.82, 2.24) is 10.4 Å². The first kappa shape index (κ1) is 12.4. The number of nitrogens with zero attached hydrogens (tertiary/aromatic N) is 1. The Balaban J connectivity index is 1.82. The molecule has 96 valence electrons. The molecule has 5 nitrogen and oxygen atoms in total. The highest BCUT2D eigenvalue weighted by Gasteiger charge is 2.32. The molecule has 1 aliphatic heterocycles. The zero-order valence-electron chi connectivity index (χ0n) is 10.0. The molecular weight excluding hydrogens is 220 g/mol. The molecule has 0 aromatic rings. The molecule has 2 aliphatic rings. The van der Waals surface area contributed by atoms with Crippen LogP contribution in [0.5, 0.6) is 0 Å². The predicted molar refractivity (Wildman–Crippen MR) is 61.2 cm³/mol. The summed E-state index contributed by atoms with van der Waals surface area (Å²) >= 11 is 0. The fourth-order valence-electron chi connectivity index (χ4n) is 2.89. The summed E-state index contributed by atoms with van der Waals surface area (Å²) in [4.78, 5) is 25.3. The summed E-state index contributed by atoms with van der Waals surface area (Å²) < 4.78 is 0. The Labute approximate surface area is 101 Å². The lowest BCUT2D eigenvalue weighted by Crippen LogP contribution is -2.38. The second-order valence-electron chi connectivity index (χ2n) is 5.06. The topological polar surface area (TPSA) is 69.6 Å². The first-order chi connectivity index (χ1) is 8.22. The summed E-state index contributed by atoms with van der Waals surface area (Å²) in [5.74, 6) is -0.0686. The Bertz CT molecular complexity index is 292. The number of carbonyl (C=O) groups is 2. The normalized spacial score (nSPS) is 29.1. The van der Waals surface area contributed by atoms with Crippen LogP contribution in [-0.2, 0) is 9.59 Å². The number of hydrogen-bond donors (Lipinski definition) is 2. The minimum Gasteiger partial charge on any atom is -0.342 e. The Hall–Kier alpha value is -1.10. The van der Waals surface area contributed by atoms with Gasteiger partial charge in [-0.1, -0.05) is 0 Å². The van der Waals surface area contributed by atoms with E-state index in [0.717, 1.165) is 38.8 Å². The second kappa shape index (κ2) is 5.49. The first-order valence-corrected chi connectivity index (χ1v) is 6.45. The van der Waals surface area contributed by atoms with Gasteiger partial charge >= 0.3 is 0 Å². The van der Waals surface area contributed by atoms with E-state index in [1.165, 1.54) is 0 Å². The molecule has 0 unspecified atom stereocenters. The maximum atomic E-state index is 12.1. The fraction of sp³-hybridized carbons (Fsp3) is 0.833. The van der Waals surface area contributed by atoms with E-state index in [4.69, 9.17) is 5.21 Å². The van der Waals surface area contributed by atoms with Crippen molar-refractivity contribution in [3.05, 3.63) is 0 Å². The highest BCUT2D eigenvalue weighted by atomic mass is 16.5. The standard InChI is InChI=1S/C12H20N2O3/c15-11(13-17)9-3-5-10(6-4-9)12(16)14-7-1-2-8-14/h9-10,17H,1-8H2,(H,13,15). The molecule has 2 fully saturated rings. The van der Waals surface area contributed by atoms with Crippen molar-refractivity contribution >= 4 is 11.8 Å². The summed E-state index contributed by atoms with van der Waals surface area (Å²) in [6, 6.07) is 0. The fourth-order valence-corrected chi connectivity index (χ4v) is 2.89. The maximum Gasteiger partial charge on any atom is 0.246 e. The smallest absolute Gasteiger partial charge is 0.246 e. The number of nitrogens with one attached hydrogen (secondary N) is 1. The lowest BCUT2D eigenvalue weighted by atomic mass is 9.81. The van der Waals surface area contributed by atoms with Gasteiger partial charge in [0.1, 0.15) is 0 Å². The number of likely N-dealkylation sites (tertiary alicyclic amines) is 1. The summed E-state index contributed by atoms with van der Waals surface area (Å²) in [6.45, 7) is 1.80. The predicted octanol–water partition coefficient (Wildman–Crippen LogP) is 0.921. The SMILES string of the molecule is O=C(NO)C1CCC(C(=O)N2CCCC2)CC1. The van der Waals surface area contributed by atoms with Gasteiger partial charge in [0.25, 0.3) is 0 Å². The minimum atomic E-state index is -0.308. The van der Waals surface area contributed by atoms with Gasteiger partial charge in [-0.3, -0.25) is 14.8 Å². The van der Waals surface area contributed by atoms with Crippen LogP contribution in [0.4, 0.5) is 0 Å². The number of carbonyl (C=O) groups excluding carboxylic acids is 2. The van der Waals surface area contributed by atoms with Crippen LogP contribution in [-0.4, -0.2) is 35.0 Å². The summed E-state index contributed by atoms with van der Waals surface area (Å²) in [5, 5.41) is 8.56. The van der Waals surface area contributed by atoms with E-state index in [-0.39, 0.29) is 23.7 Å². The van der Waals surface area contributed by atoms with Crippen molar-refractivity contribution in [2.24, 2.45) is 11.8 Å². The Morgan fingerprint density at radius 1 is 1.00 bits per heavy atom. The number of rotatable bonds is 2. The molecule has 2 amide bonds. The molecule has 1 aliphatic carbocycles. The van der Waals surface area contributed by atoms with Crippen LogP contribution in [0.1, 0.15) is 38.5 Å².